The summed E-state index contributed by atoms with van der Waals surface area (Å²) in [6.07, 6.45) is 1.98. The van der Waals surface area contributed by atoms with Gasteiger partial charge in [0.2, 0.25) is 0 Å². The Kier molecular flexibility index (Phi) is 4.06. The van der Waals surface area contributed by atoms with Gasteiger partial charge in [0.1, 0.15) is 0 Å². The fourth-order valence-electron chi connectivity index (χ4n) is 1.69. The van der Waals surface area contributed by atoms with Crippen LogP contribution in [0.1, 0.15) is 18.4 Å². The summed E-state index contributed by atoms with van der Waals surface area (Å²) in [6.45, 7) is 1.42. The maximum Gasteiger partial charge on any atom is 0.0996 e. The van der Waals surface area contributed by atoms with E-state index in [4.69, 9.17) is 4.74 Å². The van der Waals surface area contributed by atoms with Crippen molar-refractivity contribution in [1.29, 1.82) is 0 Å². The van der Waals surface area contributed by atoms with Crippen LogP contribution in [0.5, 0.6) is 0 Å². The third-order valence-corrected chi connectivity index (χ3v) is 3.81. The number of hydrogen-bond acceptors (Lipinski definition) is 3. The van der Waals surface area contributed by atoms with Crippen molar-refractivity contribution in [2.24, 2.45) is 0 Å². The van der Waals surface area contributed by atoms with Crippen LogP contribution in [-0.4, -0.2) is 22.4 Å². The molecule has 0 spiro atoms. The molecule has 0 bridgehead atoms. The van der Waals surface area contributed by atoms with Crippen molar-refractivity contribution in [2.45, 2.75) is 30.1 Å². The SMILES string of the molecule is OC1CCC(COCc2ccccc2)S1. The number of hydrogen-bond donors (Lipinski definition) is 1. The lowest BCUT2D eigenvalue weighted by Gasteiger charge is -2.09. The van der Waals surface area contributed by atoms with E-state index in [1.165, 1.54) is 5.56 Å². The number of thioether (sulfide) groups is 1. The molecule has 2 nitrogen and oxygen atoms in total. The molecule has 0 aromatic heterocycles. The van der Waals surface area contributed by atoms with Gasteiger partial charge in [0.15, 0.2) is 0 Å². The van der Waals surface area contributed by atoms with E-state index in [0.29, 0.717) is 11.9 Å². The molecule has 1 saturated heterocycles. The van der Waals surface area contributed by atoms with Crippen molar-refractivity contribution in [3.05, 3.63) is 35.9 Å². The lowest BCUT2D eigenvalue weighted by Crippen LogP contribution is -2.08. The van der Waals surface area contributed by atoms with Crippen molar-refractivity contribution in [3.8, 4) is 0 Å². The molecule has 1 heterocycles. The molecule has 1 N–H and O–H groups in total. The van der Waals surface area contributed by atoms with Crippen LogP contribution in [-0.2, 0) is 11.3 Å². The number of benzene rings is 1. The molecule has 0 amide bonds. The second-order valence-electron chi connectivity index (χ2n) is 3.79. The monoisotopic (exact) mass is 224 g/mol. The minimum Gasteiger partial charge on any atom is -0.382 e. The average molecular weight is 224 g/mol. The second kappa shape index (κ2) is 5.54. The number of aliphatic hydroxyl groups excluding tert-OH is 1. The molecule has 82 valence electrons. The molecular weight excluding hydrogens is 208 g/mol. The molecule has 2 atom stereocenters. The molecule has 2 unspecified atom stereocenters. The standard InChI is InChI=1S/C12H16O2S/c13-12-7-6-11(15-12)9-14-8-10-4-2-1-3-5-10/h1-5,11-13H,6-9H2. The quantitative estimate of drug-likeness (QED) is 0.851. The summed E-state index contributed by atoms with van der Waals surface area (Å²) in [4.78, 5) is 0. The predicted molar refractivity (Wildman–Crippen MR) is 62.7 cm³/mol. The van der Waals surface area contributed by atoms with Gasteiger partial charge in [-0.15, -0.1) is 11.8 Å². The van der Waals surface area contributed by atoms with Gasteiger partial charge >= 0.3 is 0 Å². The van der Waals surface area contributed by atoms with E-state index < -0.39 is 0 Å². The van der Waals surface area contributed by atoms with Gasteiger partial charge in [-0.05, 0) is 18.4 Å². The van der Waals surface area contributed by atoms with Crippen molar-refractivity contribution >= 4 is 11.8 Å². The third kappa shape index (κ3) is 3.52. The molecule has 3 heteroatoms. The summed E-state index contributed by atoms with van der Waals surface area (Å²) < 4.78 is 5.62. The molecule has 0 radical (unpaired) electrons. The van der Waals surface area contributed by atoms with Crippen LogP contribution in [0.25, 0.3) is 0 Å². The van der Waals surface area contributed by atoms with Crippen molar-refractivity contribution in [2.75, 3.05) is 6.61 Å². The van der Waals surface area contributed by atoms with Gasteiger partial charge in [0.25, 0.3) is 0 Å². The van der Waals surface area contributed by atoms with E-state index in [2.05, 4.69) is 12.1 Å². The molecule has 1 aliphatic rings. The highest BCUT2D eigenvalue weighted by Gasteiger charge is 2.23. The van der Waals surface area contributed by atoms with Crippen LogP contribution >= 0.6 is 11.8 Å². The summed E-state index contributed by atoms with van der Waals surface area (Å²) in [6, 6.07) is 10.2. The van der Waals surface area contributed by atoms with E-state index in [9.17, 15) is 5.11 Å². The number of aliphatic hydroxyl groups is 1. The highest BCUT2D eigenvalue weighted by Crippen LogP contribution is 2.31. The number of ether oxygens (including phenoxy) is 1. The van der Waals surface area contributed by atoms with Gasteiger partial charge in [-0.3, -0.25) is 0 Å². The first-order valence-electron chi connectivity index (χ1n) is 5.30. The van der Waals surface area contributed by atoms with E-state index in [-0.39, 0.29) is 5.44 Å². The largest absolute Gasteiger partial charge is 0.382 e. The van der Waals surface area contributed by atoms with Crippen LogP contribution in [0, 0.1) is 0 Å². The van der Waals surface area contributed by atoms with Crippen LogP contribution < -0.4 is 0 Å². The molecule has 1 aliphatic heterocycles. The molecule has 1 fully saturated rings. The van der Waals surface area contributed by atoms with Gasteiger partial charge in [0.05, 0.1) is 18.6 Å². The van der Waals surface area contributed by atoms with E-state index in [1.807, 2.05) is 18.2 Å². The first-order chi connectivity index (χ1) is 7.34. The summed E-state index contributed by atoms with van der Waals surface area (Å²) in [5.41, 5.74) is 1.04. The van der Waals surface area contributed by atoms with E-state index in [0.717, 1.165) is 19.4 Å². The van der Waals surface area contributed by atoms with Gasteiger partial charge < -0.3 is 9.84 Å². The second-order valence-corrected chi connectivity index (χ2v) is 5.27. The minimum absolute atomic E-state index is 0.171. The fourth-order valence-corrected chi connectivity index (χ4v) is 2.86. The minimum atomic E-state index is -0.171. The zero-order chi connectivity index (χ0) is 10.5. The topological polar surface area (TPSA) is 29.5 Å². The zero-order valence-electron chi connectivity index (χ0n) is 8.63. The Morgan fingerprint density at radius 1 is 1.27 bits per heavy atom. The molecule has 0 saturated carbocycles. The molecule has 2 rings (SSSR count). The molecule has 0 aliphatic carbocycles. The van der Waals surface area contributed by atoms with E-state index >= 15 is 0 Å². The smallest absolute Gasteiger partial charge is 0.0996 e. The Labute approximate surface area is 94.6 Å². The van der Waals surface area contributed by atoms with Gasteiger partial charge in [-0.2, -0.15) is 0 Å². The van der Waals surface area contributed by atoms with Gasteiger partial charge in [-0.25, -0.2) is 0 Å². The fraction of sp³-hybridized carbons (Fsp3) is 0.500. The summed E-state index contributed by atoms with van der Waals surface area (Å²) in [5.74, 6) is 0. The van der Waals surface area contributed by atoms with Crippen LogP contribution in [0.15, 0.2) is 30.3 Å². The number of rotatable bonds is 4. The van der Waals surface area contributed by atoms with Crippen LogP contribution in [0.2, 0.25) is 0 Å². The normalized spacial score (nSPS) is 25.7. The van der Waals surface area contributed by atoms with Gasteiger partial charge in [0, 0.05) is 5.25 Å². The molecule has 1 aromatic rings. The Bertz CT molecular complexity index is 289. The summed E-state index contributed by atoms with van der Waals surface area (Å²) in [5, 5.41) is 9.80. The first kappa shape index (κ1) is 11.0. The highest BCUT2D eigenvalue weighted by atomic mass is 32.2. The Balaban J connectivity index is 1.67. The molecule has 1 aromatic carbocycles. The van der Waals surface area contributed by atoms with Crippen LogP contribution in [0.3, 0.4) is 0 Å². The lowest BCUT2D eigenvalue weighted by atomic mass is 10.2. The average Bonchev–Trinajstić information content (AvgIpc) is 2.66. The maximum atomic E-state index is 9.32. The Morgan fingerprint density at radius 3 is 2.73 bits per heavy atom. The third-order valence-electron chi connectivity index (χ3n) is 2.50. The lowest BCUT2D eigenvalue weighted by molar-refractivity contribution is 0.121. The van der Waals surface area contributed by atoms with Crippen LogP contribution in [0.4, 0.5) is 0 Å². The molecular formula is C12H16O2S. The predicted octanol–water partition coefficient (Wildman–Crippen LogP) is 2.42. The Hall–Kier alpha value is -0.510. The van der Waals surface area contributed by atoms with Gasteiger partial charge in [-0.1, -0.05) is 30.3 Å². The van der Waals surface area contributed by atoms with Crippen molar-refractivity contribution < 1.29 is 9.84 Å². The zero-order valence-corrected chi connectivity index (χ0v) is 9.45. The highest BCUT2D eigenvalue weighted by molar-refractivity contribution is 8.00. The van der Waals surface area contributed by atoms with Crippen molar-refractivity contribution in [3.63, 3.8) is 0 Å². The first-order valence-corrected chi connectivity index (χ1v) is 6.24. The van der Waals surface area contributed by atoms with E-state index in [1.54, 1.807) is 11.8 Å². The summed E-state index contributed by atoms with van der Waals surface area (Å²) in [7, 11) is 0. The maximum absolute atomic E-state index is 9.32. The Morgan fingerprint density at radius 2 is 2.07 bits per heavy atom. The van der Waals surface area contributed by atoms with Crippen molar-refractivity contribution in [1.82, 2.24) is 0 Å². The summed E-state index contributed by atoms with van der Waals surface area (Å²) >= 11 is 1.63. The molecule has 15 heavy (non-hydrogen) atoms.